The van der Waals surface area contributed by atoms with E-state index in [2.05, 4.69) is 10.3 Å². The van der Waals surface area contributed by atoms with Crippen LogP contribution in [0.2, 0.25) is 0 Å². The van der Waals surface area contributed by atoms with Crippen LogP contribution >= 0.6 is 0 Å². The minimum atomic E-state index is -0.947. The van der Waals surface area contributed by atoms with Crippen LogP contribution in [-0.2, 0) is 25.5 Å². The van der Waals surface area contributed by atoms with E-state index in [0.717, 1.165) is 0 Å². The number of anilines is 1. The number of nitrogens with one attached hydrogen (secondary N) is 1. The van der Waals surface area contributed by atoms with E-state index in [1.807, 2.05) is 0 Å². The highest BCUT2D eigenvalue weighted by Crippen LogP contribution is 2.09. The molecule has 0 aliphatic carbocycles. The van der Waals surface area contributed by atoms with Gasteiger partial charge in [0.1, 0.15) is 0 Å². The van der Waals surface area contributed by atoms with Gasteiger partial charge in [0.2, 0.25) is 0 Å². The average Bonchev–Trinajstić information content (AvgIpc) is 2.41. The monoisotopic (exact) mass is 266 g/mol. The predicted molar refractivity (Wildman–Crippen MR) is 64.8 cm³/mol. The van der Waals surface area contributed by atoms with Crippen molar-refractivity contribution in [2.45, 2.75) is 12.5 Å². The molecule has 1 atom stereocenters. The molecule has 0 bridgehead atoms. The van der Waals surface area contributed by atoms with Crippen molar-refractivity contribution < 1.29 is 24.2 Å². The molecule has 0 spiro atoms. The summed E-state index contributed by atoms with van der Waals surface area (Å²) in [5.41, 5.74) is 0.927. The number of amides is 1. The van der Waals surface area contributed by atoms with Crippen LogP contribution in [0.5, 0.6) is 0 Å². The van der Waals surface area contributed by atoms with Gasteiger partial charge in [-0.15, -0.1) is 0 Å². The smallest absolute Gasteiger partial charge is 0.309 e. The van der Waals surface area contributed by atoms with E-state index in [9.17, 15) is 9.59 Å². The predicted octanol–water partition coefficient (Wildman–Crippen LogP) is 0.0626. The Kier molecular flexibility index (Phi) is 4.43. The van der Waals surface area contributed by atoms with Gasteiger partial charge in [0, 0.05) is 0 Å². The Labute approximate surface area is 109 Å². The third-order valence-corrected chi connectivity index (χ3v) is 2.53. The normalized spacial score (nSPS) is 18.8. The highest BCUT2D eigenvalue weighted by Gasteiger charge is 2.22. The fraction of sp³-hybridized carbons (Fsp3) is 0.417. The van der Waals surface area contributed by atoms with Gasteiger partial charge in [0.25, 0.3) is 5.91 Å². The topological polar surface area (TPSA) is 97.8 Å². The molecule has 102 valence electrons. The molecule has 1 unspecified atom stereocenters. The molecule has 1 fully saturated rings. The van der Waals surface area contributed by atoms with Crippen LogP contribution in [0.1, 0.15) is 5.69 Å². The van der Waals surface area contributed by atoms with Gasteiger partial charge >= 0.3 is 5.97 Å². The summed E-state index contributed by atoms with van der Waals surface area (Å²) in [5, 5.41) is 11.2. The van der Waals surface area contributed by atoms with Crippen LogP contribution in [-0.4, -0.2) is 47.9 Å². The zero-order valence-electron chi connectivity index (χ0n) is 10.2. The summed E-state index contributed by atoms with van der Waals surface area (Å²) >= 11 is 0. The third-order valence-electron chi connectivity index (χ3n) is 2.53. The first kappa shape index (κ1) is 13.4. The summed E-state index contributed by atoms with van der Waals surface area (Å²) < 4.78 is 10.4. The standard InChI is InChI=1S/C12H14N2O5/c15-11(16)5-8-1-2-9(6-13-8)14-12(17)10-7-18-3-4-19-10/h1-2,6,10H,3-5,7H2,(H,14,17)(H,15,16). The number of carbonyl (C=O) groups excluding carboxylic acids is 1. The number of aliphatic carboxylic acids is 1. The summed E-state index contributed by atoms with van der Waals surface area (Å²) in [4.78, 5) is 26.2. The van der Waals surface area contributed by atoms with Crippen molar-refractivity contribution in [1.82, 2.24) is 4.98 Å². The first-order chi connectivity index (χ1) is 9.15. The summed E-state index contributed by atoms with van der Waals surface area (Å²) in [6.45, 7) is 1.12. The average molecular weight is 266 g/mol. The fourth-order valence-corrected chi connectivity index (χ4v) is 1.62. The van der Waals surface area contributed by atoms with Gasteiger partial charge in [-0.1, -0.05) is 0 Å². The molecule has 1 aromatic heterocycles. The van der Waals surface area contributed by atoms with E-state index in [1.54, 1.807) is 12.1 Å². The molecule has 7 nitrogen and oxygen atoms in total. The SMILES string of the molecule is O=C(O)Cc1ccc(NC(=O)C2COCCO2)cn1. The Morgan fingerprint density at radius 3 is 2.84 bits per heavy atom. The lowest BCUT2D eigenvalue weighted by Crippen LogP contribution is -2.39. The number of ether oxygens (including phenoxy) is 2. The number of aromatic nitrogens is 1. The van der Waals surface area contributed by atoms with Crippen LogP contribution in [0, 0.1) is 0 Å². The second-order valence-corrected chi connectivity index (χ2v) is 4.03. The van der Waals surface area contributed by atoms with Gasteiger partial charge in [-0.3, -0.25) is 14.6 Å². The largest absolute Gasteiger partial charge is 0.481 e. The molecule has 1 aliphatic heterocycles. The molecule has 2 rings (SSSR count). The molecule has 19 heavy (non-hydrogen) atoms. The lowest BCUT2D eigenvalue weighted by Gasteiger charge is -2.21. The molecule has 0 radical (unpaired) electrons. The molecule has 2 N–H and O–H groups in total. The van der Waals surface area contributed by atoms with E-state index < -0.39 is 12.1 Å². The van der Waals surface area contributed by atoms with Gasteiger partial charge in [-0.05, 0) is 12.1 Å². The van der Waals surface area contributed by atoms with Crippen LogP contribution in [0.25, 0.3) is 0 Å². The Balaban J connectivity index is 1.91. The van der Waals surface area contributed by atoms with E-state index >= 15 is 0 Å². The lowest BCUT2D eigenvalue weighted by atomic mass is 10.2. The number of nitrogens with zero attached hydrogens (tertiary/aromatic N) is 1. The molecule has 1 saturated heterocycles. The third kappa shape index (κ3) is 4.01. The molecule has 0 aromatic carbocycles. The lowest BCUT2D eigenvalue weighted by molar-refractivity contribution is -0.142. The van der Waals surface area contributed by atoms with Gasteiger partial charge < -0.3 is 19.9 Å². The van der Waals surface area contributed by atoms with E-state index in [1.165, 1.54) is 6.20 Å². The molecule has 1 aliphatic rings. The van der Waals surface area contributed by atoms with Crippen LogP contribution < -0.4 is 5.32 Å². The molecule has 1 amide bonds. The summed E-state index contributed by atoms with van der Waals surface area (Å²) in [6, 6.07) is 3.16. The highest BCUT2D eigenvalue weighted by atomic mass is 16.6. The number of carbonyl (C=O) groups is 2. The van der Waals surface area contributed by atoms with Crippen molar-refractivity contribution in [2.75, 3.05) is 25.1 Å². The quantitative estimate of drug-likeness (QED) is 0.800. The molecular formula is C12H14N2O5. The zero-order chi connectivity index (χ0) is 13.7. The second-order valence-electron chi connectivity index (χ2n) is 4.03. The molecule has 0 saturated carbocycles. The number of hydrogen-bond acceptors (Lipinski definition) is 5. The van der Waals surface area contributed by atoms with E-state index in [-0.39, 0.29) is 18.9 Å². The van der Waals surface area contributed by atoms with Crippen molar-refractivity contribution >= 4 is 17.6 Å². The minimum Gasteiger partial charge on any atom is -0.481 e. The maximum absolute atomic E-state index is 11.8. The highest BCUT2D eigenvalue weighted by molar-refractivity contribution is 5.94. The number of carboxylic acids is 1. The minimum absolute atomic E-state index is 0.145. The molecular weight excluding hydrogens is 252 g/mol. The first-order valence-electron chi connectivity index (χ1n) is 5.82. The van der Waals surface area contributed by atoms with Crippen molar-refractivity contribution in [3.8, 4) is 0 Å². The van der Waals surface area contributed by atoms with Crippen molar-refractivity contribution in [2.24, 2.45) is 0 Å². The Hall–Kier alpha value is -1.99. The Morgan fingerprint density at radius 1 is 1.42 bits per heavy atom. The van der Waals surface area contributed by atoms with Crippen molar-refractivity contribution in [3.63, 3.8) is 0 Å². The number of pyridine rings is 1. The zero-order valence-corrected chi connectivity index (χ0v) is 10.2. The summed E-state index contributed by atoms with van der Waals surface area (Å²) in [6.07, 6.45) is 0.653. The summed E-state index contributed by atoms with van der Waals surface area (Å²) in [5.74, 6) is -1.25. The first-order valence-corrected chi connectivity index (χ1v) is 5.82. The van der Waals surface area contributed by atoms with Crippen molar-refractivity contribution in [3.05, 3.63) is 24.0 Å². The van der Waals surface area contributed by atoms with E-state index in [4.69, 9.17) is 14.6 Å². The van der Waals surface area contributed by atoms with Gasteiger partial charge in [-0.2, -0.15) is 0 Å². The van der Waals surface area contributed by atoms with Gasteiger partial charge in [0.05, 0.1) is 43.8 Å². The Bertz CT molecular complexity index is 454. The fourth-order valence-electron chi connectivity index (χ4n) is 1.62. The molecule has 7 heteroatoms. The van der Waals surface area contributed by atoms with Crippen LogP contribution in [0.15, 0.2) is 18.3 Å². The number of carboxylic acid groups (broad SMARTS) is 1. The summed E-state index contributed by atoms with van der Waals surface area (Å²) in [7, 11) is 0. The van der Waals surface area contributed by atoms with Gasteiger partial charge in [0.15, 0.2) is 6.10 Å². The molecule has 2 heterocycles. The van der Waals surface area contributed by atoms with Crippen molar-refractivity contribution in [1.29, 1.82) is 0 Å². The van der Waals surface area contributed by atoms with E-state index in [0.29, 0.717) is 24.6 Å². The van der Waals surface area contributed by atoms with Crippen LogP contribution in [0.3, 0.4) is 0 Å². The van der Waals surface area contributed by atoms with Gasteiger partial charge in [-0.25, -0.2) is 0 Å². The molecule has 1 aromatic rings. The second kappa shape index (κ2) is 6.26. The maximum atomic E-state index is 11.8. The number of hydrogen-bond donors (Lipinski definition) is 2. The van der Waals surface area contributed by atoms with Crippen LogP contribution in [0.4, 0.5) is 5.69 Å². The maximum Gasteiger partial charge on any atom is 0.309 e. The Morgan fingerprint density at radius 2 is 2.26 bits per heavy atom. The number of rotatable bonds is 4.